The summed E-state index contributed by atoms with van der Waals surface area (Å²) in [6, 6.07) is -0.538. The first-order chi connectivity index (χ1) is 34.0. The van der Waals surface area contributed by atoms with Crippen LogP contribution in [0.2, 0.25) is 0 Å². The number of amides is 1. The van der Waals surface area contributed by atoms with E-state index in [1.165, 1.54) is 276 Å². The number of hydrogen-bond donors (Lipinski definition) is 3. The van der Waals surface area contributed by atoms with Crippen molar-refractivity contribution in [1.29, 1.82) is 0 Å². The Hall–Kier alpha value is -1.40. The third-order valence-electron chi connectivity index (χ3n) is 14.8. The van der Waals surface area contributed by atoms with Crippen molar-refractivity contribution in [1.82, 2.24) is 5.32 Å². The third kappa shape index (κ3) is 55.8. The molecule has 0 aromatic rings. The Morgan fingerprint density at radius 2 is 0.681 bits per heavy atom. The first-order valence-corrected chi connectivity index (χ1v) is 31.4. The molecule has 3 N–H and O–H groups in total. The normalized spacial score (nSPS) is 12.6. The lowest BCUT2D eigenvalue weighted by Gasteiger charge is -2.22. The molecule has 0 fully saturated rings. The number of esters is 1. The quantitative estimate of drug-likeness (QED) is 0.0321. The van der Waals surface area contributed by atoms with Crippen molar-refractivity contribution in [2.75, 3.05) is 13.2 Å². The van der Waals surface area contributed by atoms with Gasteiger partial charge in [-0.25, -0.2) is 0 Å². The van der Waals surface area contributed by atoms with Crippen LogP contribution in [-0.4, -0.2) is 47.4 Å². The fourth-order valence-corrected chi connectivity index (χ4v) is 9.99. The van der Waals surface area contributed by atoms with Gasteiger partial charge in [0, 0.05) is 12.8 Å². The summed E-state index contributed by atoms with van der Waals surface area (Å²) in [5.41, 5.74) is 0. The van der Waals surface area contributed by atoms with Crippen LogP contribution in [0.4, 0.5) is 0 Å². The third-order valence-corrected chi connectivity index (χ3v) is 14.8. The molecule has 6 heteroatoms. The van der Waals surface area contributed by atoms with Crippen molar-refractivity contribution in [2.45, 2.75) is 366 Å². The predicted molar refractivity (Wildman–Crippen MR) is 301 cm³/mol. The summed E-state index contributed by atoms with van der Waals surface area (Å²) in [5.74, 6) is -0.0221. The molecule has 0 rings (SSSR count). The summed E-state index contributed by atoms with van der Waals surface area (Å²) >= 11 is 0. The molecule has 0 aromatic carbocycles. The zero-order valence-corrected chi connectivity index (χ0v) is 46.8. The number of allylic oxidation sites excluding steroid dienone is 2. The number of aliphatic hydroxyl groups is 2. The van der Waals surface area contributed by atoms with Crippen LogP contribution in [0.1, 0.15) is 354 Å². The maximum Gasteiger partial charge on any atom is 0.305 e. The number of rotatable bonds is 59. The molecule has 410 valence electrons. The lowest BCUT2D eigenvalue weighted by molar-refractivity contribution is -0.143. The van der Waals surface area contributed by atoms with Gasteiger partial charge in [0.05, 0.1) is 25.4 Å². The van der Waals surface area contributed by atoms with Gasteiger partial charge in [-0.15, -0.1) is 0 Å². The molecule has 1 amide bonds. The van der Waals surface area contributed by atoms with Gasteiger partial charge in [-0.1, -0.05) is 302 Å². The van der Waals surface area contributed by atoms with Gasteiger partial charge < -0.3 is 20.3 Å². The lowest BCUT2D eigenvalue weighted by Crippen LogP contribution is -2.45. The monoisotopic (exact) mass is 974 g/mol. The Bertz CT molecular complexity index is 1030. The fourth-order valence-electron chi connectivity index (χ4n) is 9.99. The van der Waals surface area contributed by atoms with Crippen LogP contribution in [0.3, 0.4) is 0 Å². The first kappa shape index (κ1) is 67.6. The second kappa shape index (κ2) is 59.2. The summed E-state index contributed by atoms with van der Waals surface area (Å²) in [7, 11) is 0. The predicted octanol–water partition coefficient (Wildman–Crippen LogP) is 19.6. The Kier molecular flexibility index (Phi) is 58.0. The molecule has 0 aliphatic heterocycles. The zero-order valence-electron chi connectivity index (χ0n) is 46.8. The molecule has 0 saturated carbocycles. The average molecular weight is 975 g/mol. The van der Waals surface area contributed by atoms with Crippen LogP contribution in [-0.2, 0) is 14.3 Å². The number of nitrogens with one attached hydrogen (secondary N) is 1. The highest BCUT2D eigenvalue weighted by atomic mass is 16.5. The Balaban J connectivity index is 3.33. The van der Waals surface area contributed by atoms with Crippen LogP contribution < -0.4 is 5.32 Å². The van der Waals surface area contributed by atoms with Crippen LogP contribution >= 0.6 is 0 Å². The van der Waals surface area contributed by atoms with Gasteiger partial charge in [-0.2, -0.15) is 0 Å². The molecule has 6 nitrogen and oxygen atoms in total. The van der Waals surface area contributed by atoms with Crippen molar-refractivity contribution in [3.63, 3.8) is 0 Å². The van der Waals surface area contributed by atoms with E-state index in [0.717, 1.165) is 44.9 Å². The van der Waals surface area contributed by atoms with E-state index in [0.29, 0.717) is 25.9 Å². The summed E-state index contributed by atoms with van der Waals surface area (Å²) in [6.45, 7) is 4.95. The molecule has 0 aromatic heterocycles. The van der Waals surface area contributed by atoms with Gasteiger partial charge >= 0.3 is 5.97 Å². The van der Waals surface area contributed by atoms with Gasteiger partial charge in [0.1, 0.15) is 0 Å². The minimum absolute atomic E-state index is 0.00842. The molecule has 2 unspecified atom stereocenters. The SMILES string of the molecule is CCCCC/C=C\CCCCCCCC(=O)OCCCCCCCCCCCCCCCCCCCCCCCCCCCCCC(=O)NC(CO)C(O)CCCCCCCCCCCCCCC. The Morgan fingerprint density at radius 3 is 1.06 bits per heavy atom. The van der Waals surface area contributed by atoms with Crippen molar-refractivity contribution in [3.05, 3.63) is 12.2 Å². The van der Waals surface area contributed by atoms with Crippen LogP contribution in [0.15, 0.2) is 12.2 Å². The maximum atomic E-state index is 12.5. The summed E-state index contributed by atoms with van der Waals surface area (Å²) in [4.78, 5) is 24.5. The topological polar surface area (TPSA) is 95.9 Å². The standard InChI is InChI=1S/C63H123NO5/c1-3-5-7-9-11-13-15-32-35-39-43-47-51-55-61(66)60(59-65)64-62(67)56-52-48-44-40-36-33-30-28-26-24-22-20-18-17-19-21-23-25-27-29-31-34-38-42-46-50-54-58-69-63(68)57-53-49-45-41-37-16-14-12-10-8-6-4-2/h12,14,60-61,65-66H,3-11,13,15-59H2,1-2H3,(H,64,67)/b14-12-. The second-order valence-corrected chi connectivity index (χ2v) is 21.7. The van der Waals surface area contributed by atoms with Crippen molar-refractivity contribution in [2.24, 2.45) is 0 Å². The van der Waals surface area contributed by atoms with Crippen LogP contribution in [0.25, 0.3) is 0 Å². The number of unbranched alkanes of at least 4 members (excludes halogenated alkanes) is 46. The van der Waals surface area contributed by atoms with Gasteiger partial charge in [0.2, 0.25) is 5.91 Å². The number of aliphatic hydroxyl groups excluding tert-OH is 2. The van der Waals surface area contributed by atoms with Crippen LogP contribution in [0, 0.1) is 0 Å². The van der Waals surface area contributed by atoms with Crippen molar-refractivity contribution < 1.29 is 24.5 Å². The highest BCUT2D eigenvalue weighted by Gasteiger charge is 2.20. The minimum atomic E-state index is -0.660. The molecule has 69 heavy (non-hydrogen) atoms. The highest BCUT2D eigenvalue weighted by molar-refractivity contribution is 5.76. The lowest BCUT2D eigenvalue weighted by atomic mass is 10.0. The molecule has 0 spiro atoms. The van der Waals surface area contributed by atoms with Gasteiger partial charge in [-0.05, 0) is 51.4 Å². The molecule has 0 heterocycles. The Labute approximate surface area is 431 Å². The van der Waals surface area contributed by atoms with Gasteiger partial charge in [0.15, 0.2) is 0 Å². The smallest absolute Gasteiger partial charge is 0.305 e. The van der Waals surface area contributed by atoms with Crippen molar-refractivity contribution >= 4 is 11.9 Å². The van der Waals surface area contributed by atoms with E-state index in [9.17, 15) is 19.8 Å². The summed E-state index contributed by atoms with van der Waals surface area (Å²) in [5, 5.41) is 23.3. The van der Waals surface area contributed by atoms with E-state index in [-0.39, 0.29) is 18.5 Å². The number of ether oxygens (including phenoxy) is 1. The average Bonchev–Trinajstić information content (AvgIpc) is 3.35. The summed E-state index contributed by atoms with van der Waals surface area (Å²) < 4.78 is 5.47. The molecular weight excluding hydrogens is 851 g/mol. The number of carbonyl (C=O) groups excluding carboxylic acids is 2. The Morgan fingerprint density at radius 1 is 0.391 bits per heavy atom. The highest BCUT2D eigenvalue weighted by Crippen LogP contribution is 2.18. The van der Waals surface area contributed by atoms with Crippen molar-refractivity contribution in [3.8, 4) is 0 Å². The second-order valence-electron chi connectivity index (χ2n) is 21.7. The van der Waals surface area contributed by atoms with Crippen LogP contribution in [0.5, 0.6) is 0 Å². The minimum Gasteiger partial charge on any atom is -0.466 e. The molecule has 2 atom stereocenters. The molecule has 0 aliphatic rings. The molecule has 0 radical (unpaired) electrons. The van der Waals surface area contributed by atoms with E-state index in [1.807, 2.05) is 0 Å². The maximum absolute atomic E-state index is 12.5. The molecule has 0 saturated heterocycles. The van der Waals surface area contributed by atoms with E-state index >= 15 is 0 Å². The van der Waals surface area contributed by atoms with Gasteiger partial charge in [-0.3, -0.25) is 9.59 Å². The first-order valence-electron chi connectivity index (χ1n) is 31.4. The van der Waals surface area contributed by atoms with E-state index in [2.05, 4.69) is 31.3 Å². The number of carbonyl (C=O) groups is 2. The molecular formula is C63H123NO5. The van der Waals surface area contributed by atoms with E-state index in [1.54, 1.807) is 0 Å². The van der Waals surface area contributed by atoms with E-state index in [4.69, 9.17) is 4.74 Å². The number of hydrogen-bond acceptors (Lipinski definition) is 5. The fraction of sp³-hybridized carbons (Fsp3) is 0.937. The molecule has 0 aliphatic carbocycles. The zero-order chi connectivity index (χ0) is 50.0. The van der Waals surface area contributed by atoms with Gasteiger partial charge in [0.25, 0.3) is 0 Å². The molecule has 0 bridgehead atoms. The summed E-state index contributed by atoms with van der Waals surface area (Å²) in [6.07, 6.45) is 70.9. The largest absolute Gasteiger partial charge is 0.466 e. The van der Waals surface area contributed by atoms with E-state index < -0.39 is 12.1 Å².